The fourth-order valence-electron chi connectivity index (χ4n) is 0.810. The molecule has 0 bridgehead atoms. The molecule has 0 aromatic rings. The molecule has 0 aromatic heterocycles. The summed E-state index contributed by atoms with van der Waals surface area (Å²) in [6.07, 6.45) is 0. The highest BCUT2D eigenvalue weighted by molar-refractivity contribution is 5.89. The van der Waals surface area contributed by atoms with Gasteiger partial charge in [0.2, 0.25) is 0 Å². The molecule has 0 fully saturated rings. The van der Waals surface area contributed by atoms with Crippen LogP contribution in [0.25, 0.3) is 0 Å². The molecule has 5 heteroatoms. The number of aliphatic imine (C=N–C) groups is 1. The molecular weight excluding hydrogens is 156 g/mol. The van der Waals surface area contributed by atoms with Gasteiger partial charge in [-0.25, -0.2) is 0 Å². The summed E-state index contributed by atoms with van der Waals surface area (Å²) in [5, 5.41) is 11.6. The van der Waals surface area contributed by atoms with Gasteiger partial charge >= 0.3 is 0 Å². The zero-order valence-corrected chi connectivity index (χ0v) is 6.62. The van der Waals surface area contributed by atoms with Crippen molar-refractivity contribution in [2.75, 3.05) is 13.2 Å². The van der Waals surface area contributed by atoms with Crippen LogP contribution in [0.15, 0.2) is 4.99 Å². The lowest BCUT2D eigenvalue weighted by Gasteiger charge is -2.19. The van der Waals surface area contributed by atoms with Crippen LogP contribution >= 0.6 is 0 Å². The van der Waals surface area contributed by atoms with Gasteiger partial charge < -0.3 is 21.9 Å². The van der Waals surface area contributed by atoms with E-state index in [0.717, 1.165) is 0 Å². The summed E-state index contributed by atoms with van der Waals surface area (Å²) in [6.45, 7) is 0.259. The monoisotopic (exact) mass is 168 g/mol. The molecule has 1 heterocycles. The molecule has 2 atom stereocenters. The first-order valence-corrected chi connectivity index (χ1v) is 3.69. The van der Waals surface area contributed by atoms with Gasteiger partial charge in [0, 0.05) is 12.6 Å². The predicted octanol–water partition coefficient (Wildman–Crippen LogP) is -2.40. The van der Waals surface area contributed by atoms with Gasteiger partial charge in [-0.05, 0) is 0 Å². The van der Waals surface area contributed by atoms with Crippen LogP contribution in [0.4, 0.5) is 0 Å². The van der Waals surface area contributed by atoms with E-state index in [1.54, 1.807) is 0 Å². The van der Waals surface area contributed by atoms with Crippen LogP contribution < -0.4 is 16.8 Å². The number of nitrogens with zero attached hydrogens (tertiary/aromatic N) is 1. The number of aliphatic hydroxyl groups is 1. The Kier molecular flexibility index (Phi) is 3.05. The van der Waals surface area contributed by atoms with E-state index in [1.165, 1.54) is 0 Å². The molecule has 12 heavy (non-hydrogen) atoms. The SMILES string of the molecule is NCC(N)C1=NC#CC(CO)N1. The molecule has 2 unspecified atom stereocenters. The van der Waals surface area contributed by atoms with E-state index >= 15 is 0 Å². The largest absolute Gasteiger partial charge is 0.393 e. The molecule has 1 aliphatic rings. The van der Waals surface area contributed by atoms with Gasteiger partial charge in [-0.3, -0.25) is 0 Å². The van der Waals surface area contributed by atoms with Crippen LogP contribution in [0.3, 0.4) is 0 Å². The number of amidine groups is 1. The Morgan fingerprint density at radius 3 is 3.08 bits per heavy atom. The number of aliphatic hydroxyl groups excluding tert-OH is 1. The fraction of sp³-hybridized carbons (Fsp3) is 0.571. The van der Waals surface area contributed by atoms with Crippen LogP contribution in [-0.2, 0) is 0 Å². The van der Waals surface area contributed by atoms with E-state index in [0.29, 0.717) is 12.4 Å². The van der Waals surface area contributed by atoms with Crippen LogP contribution in [0.1, 0.15) is 0 Å². The van der Waals surface area contributed by atoms with Crippen molar-refractivity contribution in [1.29, 1.82) is 0 Å². The van der Waals surface area contributed by atoms with Crippen LogP contribution in [-0.4, -0.2) is 36.2 Å². The summed E-state index contributed by atoms with van der Waals surface area (Å²) in [4.78, 5) is 3.83. The molecular formula is C7H12N4O. The Balaban J connectivity index is 2.60. The number of hydrogen-bond acceptors (Lipinski definition) is 5. The molecule has 0 saturated heterocycles. The third-order valence-corrected chi connectivity index (χ3v) is 1.52. The number of hydrogen-bond donors (Lipinski definition) is 4. The Bertz CT molecular complexity index is 240. The highest BCUT2D eigenvalue weighted by Gasteiger charge is 2.14. The van der Waals surface area contributed by atoms with Gasteiger partial charge in [0.1, 0.15) is 11.9 Å². The van der Waals surface area contributed by atoms with Crippen molar-refractivity contribution in [1.82, 2.24) is 5.32 Å². The molecule has 0 saturated carbocycles. The van der Waals surface area contributed by atoms with E-state index < -0.39 is 0 Å². The Morgan fingerprint density at radius 2 is 2.50 bits per heavy atom. The molecule has 1 rings (SSSR count). The van der Waals surface area contributed by atoms with Gasteiger partial charge in [-0.2, -0.15) is 4.99 Å². The molecule has 6 N–H and O–H groups in total. The van der Waals surface area contributed by atoms with E-state index in [1.807, 2.05) is 0 Å². The summed E-state index contributed by atoms with van der Waals surface area (Å²) in [5.74, 6) is 3.23. The van der Waals surface area contributed by atoms with Crippen molar-refractivity contribution in [3.05, 3.63) is 0 Å². The molecule has 0 amide bonds. The number of rotatable bonds is 3. The summed E-state index contributed by atoms with van der Waals surface area (Å²) < 4.78 is 0. The van der Waals surface area contributed by atoms with Gasteiger partial charge in [-0.1, -0.05) is 5.92 Å². The molecule has 66 valence electrons. The minimum Gasteiger partial charge on any atom is -0.393 e. The average Bonchev–Trinajstić information content (AvgIpc) is 2.17. The highest BCUT2D eigenvalue weighted by atomic mass is 16.3. The lowest BCUT2D eigenvalue weighted by molar-refractivity contribution is 0.278. The van der Waals surface area contributed by atoms with Crippen molar-refractivity contribution < 1.29 is 5.11 Å². The second kappa shape index (κ2) is 4.07. The Morgan fingerprint density at radius 1 is 1.75 bits per heavy atom. The summed E-state index contributed by atoms with van der Waals surface area (Å²) in [6, 6.07) is 1.94. The Hall–Kier alpha value is -1.09. The maximum atomic E-state index is 8.77. The quantitative estimate of drug-likeness (QED) is 0.353. The number of nitrogens with one attached hydrogen (secondary N) is 1. The van der Waals surface area contributed by atoms with Crippen molar-refractivity contribution in [3.63, 3.8) is 0 Å². The third-order valence-electron chi connectivity index (χ3n) is 1.52. The molecule has 0 aliphatic carbocycles. The van der Waals surface area contributed by atoms with Crippen molar-refractivity contribution in [3.8, 4) is 12.0 Å². The summed E-state index contributed by atoms with van der Waals surface area (Å²) in [5.41, 5.74) is 10.9. The minimum absolute atomic E-state index is 0.0523. The first-order chi connectivity index (χ1) is 5.77. The summed E-state index contributed by atoms with van der Waals surface area (Å²) in [7, 11) is 0. The van der Waals surface area contributed by atoms with Gasteiger partial charge in [0.05, 0.1) is 12.6 Å². The predicted molar refractivity (Wildman–Crippen MR) is 46.3 cm³/mol. The van der Waals surface area contributed by atoms with Gasteiger partial charge in [0.25, 0.3) is 0 Å². The number of nitrogens with two attached hydrogens (primary N) is 2. The second-order valence-corrected chi connectivity index (χ2v) is 2.47. The van der Waals surface area contributed by atoms with E-state index in [9.17, 15) is 0 Å². The molecule has 0 radical (unpaired) electrons. The normalized spacial score (nSPS) is 23.2. The lowest BCUT2D eigenvalue weighted by atomic mass is 10.2. The standard InChI is InChI=1S/C7H12N4O/c8-3-6(9)7-10-2-1-5(4-12)11-7/h5-6,12H,3-4,8-9H2,(H,10,11). The first-order valence-electron chi connectivity index (χ1n) is 3.69. The van der Waals surface area contributed by atoms with Crippen LogP contribution in [0.2, 0.25) is 0 Å². The topological polar surface area (TPSA) is 96.7 Å². The molecule has 5 nitrogen and oxygen atoms in total. The van der Waals surface area contributed by atoms with Gasteiger partial charge in [0.15, 0.2) is 0 Å². The van der Waals surface area contributed by atoms with E-state index in [4.69, 9.17) is 16.6 Å². The van der Waals surface area contributed by atoms with E-state index in [2.05, 4.69) is 22.3 Å². The maximum Gasteiger partial charge on any atom is 0.132 e. The third kappa shape index (κ3) is 1.95. The molecule has 0 spiro atoms. The molecule has 1 aliphatic heterocycles. The van der Waals surface area contributed by atoms with E-state index in [-0.39, 0.29) is 18.7 Å². The zero-order chi connectivity index (χ0) is 8.97. The first kappa shape index (κ1) is 9.00. The highest BCUT2D eigenvalue weighted by Crippen LogP contribution is 1.90. The minimum atomic E-state index is -0.325. The Labute approximate surface area is 70.8 Å². The fourth-order valence-corrected chi connectivity index (χ4v) is 0.810. The van der Waals surface area contributed by atoms with Crippen molar-refractivity contribution in [2.45, 2.75) is 12.1 Å². The van der Waals surface area contributed by atoms with Crippen molar-refractivity contribution in [2.24, 2.45) is 16.5 Å². The van der Waals surface area contributed by atoms with Crippen LogP contribution in [0.5, 0.6) is 0 Å². The average molecular weight is 168 g/mol. The van der Waals surface area contributed by atoms with Crippen molar-refractivity contribution >= 4 is 5.84 Å². The van der Waals surface area contributed by atoms with Gasteiger partial charge in [-0.15, -0.1) is 0 Å². The maximum absolute atomic E-state index is 8.77. The second-order valence-electron chi connectivity index (χ2n) is 2.47. The lowest BCUT2D eigenvalue weighted by Crippen LogP contribution is -2.50. The zero-order valence-electron chi connectivity index (χ0n) is 6.62. The smallest absolute Gasteiger partial charge is 0.132 e. The summed E-state index contributed by atoms with van der Waals surface area (Å²) >= 11 is 0. The van der Waals surface area contributed by atoms with Crippen LogP contribution in [0, 0.1) is 12.0 Å². The molecule has 0 aromatic carbocycles.